The summed E-state index contributed by atoms with van der Waals surface area (Å²) >= 11 is 0. The van der Waals surface area contributed by atoms with E-state index in [1.807, 2.05) is 97.1 Å². The Morgan fingerprint density at radius 2 is 0.716 bits per heavy atom. The van der Waals surface area contributed by atoms with Crippen molar-refractivity contribution in [3.63, 3.8) is 0 Å². The zero-order valence-electron chi connectivity index (χ0n) is 49.1. The van der Waals surface area contributed by atoms with Gasteiger partial charge in [-0.15, -0.1) is 0 Å². The van der Waals surface area contributed by atoms with Crippen molar-refractivity contribution in [3.05, 3.63) is 120 Å². The molecule has 6 N–H and O–H groups in total. The highest BCUT2D eigenvalue weighted by Crippen LogP contribution is 2.49. The Hall–Kier alpha value is -9.60. The van der Waals surface area contributed by atoms with Crippen molar-refractivity contribution in [1.29, 1.82) is 0 Å². The first-order valence-electron chi connectivity index (χ1n) is 29.6. The predicted octanol–water partition coefficient (Wildman–Crippen LogP) is 11.5. The fourth-order valence-electron chi connectivity index (χ4n) is 12.5. The first kappa shape index (κ1) is 57.5. The summed E-state index contributed by atoms with van der Waals surface area (Å²) in [5.41, 5.74) is 9.97. The molecule has 20 heteroatoms. The number of rotatable bonds is 16. The van der Waals surface area contributed by atoms with Crippen LogP contribution in [-0.4, -0.2) is 124 Å². The quantitative estimate of drug-likeness (QED) is 0.0527. The Morgan fingerprint density at radius 1 is 0.398 bits per heavy atom. The molecule has 4 fully saturated rings. The van der Waals surface area contributed by atoms with E-state index in [-0.39, 0.29) is 36.8 Å². The van der Waals surface area contributed by atoms with Gasteiger partial charge in [-0.3, -0.25) is 19.2 Å². The summed E-state index contributed by atoms with van der Waals surface area (Å²) in [7, 11) is 6.37. The van der Waals surface area contributed by atoms with Gasteiger partial charge < -0.3 is 69.1 Å². The monoisotopic (exact) mass is 1190 g/mol. The number of anilines is 4. The number of nitrogens with one attached hydrogen (secondary N) is 6. The van der Waals surface area contributed by atoms with Gasteiger partial charge in [0.05, 0.1) is 110 Å². The van der Waals surface area contributed by atoms with E-state index >= 15 is 0 Å². The van der Waals surface area contributed by atoms with Crippen LogP contribution in [0.4, 0.5) is 22.7 Å². The highest BCUT2D eigenvalue weighted by atomic mass is 16.5. The number of amides is 4. The van der Waals surface area contributed by atoms with Gasteiger partial charge in [-0.2, -0.15) is 0 Å². The molecular weight excluding hydrogens is 1120 g/mol. The largest absolute Gasteiger partial charge is 0.496 e. The zero-order chi connectivity index (χ0) is 60.4. The van der Waals surface area contributed by atoms with Gasteiger partial charge in [0, 0.05) is 81.9 Å². The van der Waals surface area contributed by atoms with Crippen LogP contribution >= 0.6 is 0 Å². The number of H-pyrrole nitrogens is 2. The summed E-state index contributed by atoms with van der Waals surface area (Å²) in [6, 6.07) is 29.6. The van der Waals surface area contributed by atoms with Crippen LogP contribution in [0.1, 0.15) is 61.3 Å². The maximum Gasteiger partial charge on any atom is 0.253 e. The molecule has 13 rings (SSSR count). The number of nitrogens with zero attached hydrogens (tertiary/aromatic N) is 2. The van der Waals surface area contributed by atoms with Gasteiger partial charge in [0.2, 0.25) is 11.8 Å². The first-order valence-corrected chi connectivity index (χ1v) is 29.6. The Kier molecular flexibility index (Phi) is 16.3. The second-order valence-corrected chi connectivity index (χ2v) is 22.1. The number of methoxy groups -OCH3 is 4. The minimum absolute atomic E-state index is 0.237. The zero-order valence-corrected chi connectivity index (χ0v) is 49.1. The van der Waals surface area contributed by atoms with Crippen molar-refractivity contribution in [2.75, 3.05) is 89.3 Å². The van der Waals surface area contributed by atoms with Gasteiger partial charge in [0.1, 0.15) is 35.2 Å². The van der Waals surface area contributed by atoms with Crippen LogP contribution in [0, 0.1) is 11.8 Å². The molecule has 0 radical (unpaired) electrons. The van der Waals surface area contributed by atoms with E-state index in [1.54, 1.807) is 52.7 Å². The number of benzene rings is 4. The molecule has 6 aliphatic rings. The van der Waals surface area contributed by atoms with Gasteiger partial charge in [0.25, 0.3) is 11.8 Å². The molecule has 3 aromatic heterocycles. The lowest BCUT2D eigenvalue weighted by Gasteiger charge is -2.20. The van der Waals surface area contributed by atoms with E-state index in [0.717, 1.165) is 12.8 Å². The van der Waals surface area contributed by atoms with Crippen molar-refractivity contribution >= 4 is 92.7 Å². The molecule has 450 valence electrons. The Balaban J connectivity index is 1.18. The summed E-state index contributed by atoms with van der Waals surface area (Å²) in [6.45, 7) is 2.35. The van der Waals surface area contributed by atoms with Gasteiger partial charge >= 0.3 is 0 Å². The second kappa shape index (κ2) is 25.0. The van der Waals surface area contributed by atoms with E-state index in [4.69, 9.17) is 47.9 Å². The van der Waals surface area contributed by atoms with Gasteiger partial charge in [-0.05, 0) is 136 Å². The van der Waals surface area contributed by atoms with Crippen molar-refractivity contribution in [1.82, 2.24) is 19.9 Å². The normalized spacial score (nSPS) is 18.5. The predicted molar refractivity (Wildman–Crippen MR) is 337 cm³/mol. The van der Waals surface area contributed by atoms with Gasteiger partial charge in [-0.1, -0.05) is 24.3 Å². The minimum Gasteiger partial charge on any atom is -0.496 e. The lowest BCUT2D eigenvalue weighted by molar-refractivity contribution is -0.125. The van der Waals surface area contributed by atoms with Crippen LogP contribution in [0.2, 0.25) is 0 Å². The molecule has 6 aliphatic heterocycles. The number of ether oxygens (including phenoxy) is 8. The molecule has 7 aromatic rings. The number of carbonyl (C=O) groups excluding carboxylic acids is 4. The molecule has 9 heterocycles. The molecule has 20 nitrogen and oxygen atoms in total. The molecule has 0 saturated carbocycles. The van der Waals surface area contributed by atoms with Crippen molar-refractivity contribution in [2.24, 2.45) is 11.8 Å². The molecular formula is C68H66N8O12. The number of fused-ring (bicyclic) bond motifs is 8. The molecule has 4 unspecified atom stereocenters. The molecule has 0 aliphatic carbocycles. The topological polar surface area (TPSA) is 248 Å². The molecule has 8 bridgehead atoms. The van der Waals surface area contributed by atoms with E-state index in [1.165, 1.54) is 0 Å². The molecule has 4 aromatic carbocycles. The summed E-state index contributed by atoms with van der Waals surface area (Å²) in [5.74, 6) is -0.0345. The lowest BCUT2D eigenvalue weighted by atomic mass is 9.98. The highest BCUT2D eigenvalue weighted by Gasteiger charge is 2.33. The minimum atomic E-state index is -0.688. The molecule has 4 atom stereocenters. The lowest BCUT2D eigenvalue weighted by Crippen LogP contribution is -2.27. The van der Waals surface area contributed by atoms with Crippen LogP contribution in [0.3, 0.4) is 0 Å². The molecule has 4 saturated heterocycles. The maximum atomic E-state index is 14.4. The first-order chi connectivity index (χ1) is 43.1. The third kappa shape index (κ3) is 11.0. The van der Waals surface area contributed by atoms with Gasteiger partial charge in [0.15, 0.2) is 0 Å². The average Bonchev–Trinajstić information content (AvgIpc) is 1.90. The maximum absolute atomic E-state index is 14.4. The number of aromatic nitrogens is 4. The van der Waals surface area contributed by atoms with Crippen molar-refractivity contribution in [2.45, 2.75) is 50.7 Å². The second-order valence-electron chi connectivity index (χ2n) is 22.1. The standard InChI is InChI=1S/C68H66N8O12/c1-81-51-15-7-16-52(82-2)63(51)61-47-25-21-43(69-47)59(57-39(73-65(77)37-29-33-85-35-37)11-5-13-41(57)75-67(79)55-19-9-31-87-55)45-23-27-49(71-45)62(64-53(83-3)17-8-18-54(64)84-4)50-28-24-46(72-50)60(44-22-26-48(61)70-44)58-40(74-66(78)38-30-34-86-36-38)12-6-14-42(58)76-68(80)56-20-10-32-88-56/h5-8,11-18,21-28,37-38,55-56,69,72H,9-10,19-20,29-36H2,1-4H3,(H,73,77)(H,74,78)(H,75,79)(H,76,80). The third-order valence-corrected chi connectivity index (χ3v) is 16.8. The Morgan fingerprint density at radius 3 is 1.01 bits per heavy atom. The summed E-state index contributed by atoms with van der Waals surface area (Å²) in [6.07, 6.45) is 9.88. The fourth-order valence-corrected chi connectivity index (χ4v) is 12.5. The highest BCUT2D eigenvalue weighted by molar-refractivity contribution is 6.12. The van der Waals surface area contributed by atoms with Crippen molar-refractivity contribution in [3.8, 4) is 67.5 Å². The Labute approximate surface area is 507 Å². The third-order valence-electron chi connectivity index (χ3n) is 16.8. The van der Waals surface area contributed by atoms with E-state index < -0.39 is 24.0 Å². The van der Waals surface area contributed by atoms with E-state index in [0.29, 0.717) is 187 Å². The number of hydrogen-bond donors (Lipinski definition) is 6. The van der Waals surface area contributed by atoms with Crippen LogP contribution in [0.25, 0.3) is 90.9 Å². The molecule has 0 spiro atoms. The number of carbonyl (C=O) groups is 4. The number of aromatic amines is 2. The SMILES string of the molecule is COc1cccc(OC)c1-c1c2nc(c(-c3c(NC(=O)C4CCOC4)cccc3NC(=O)C3CCCO3)c3ccc([nH]3)c(-c3c(OC)cccc3OC)c3nc(c(-c4c(NC(=O)C5CCOC5)cccc4NC(=O)C4CCCO4)c4ccc1[nH]4)C=C3)C=C2. The molecule has 4 amide bonds. The summed E-state index contributed by atoms with van der Waals surface area (Å²) < 4.78 is 47.9. The smallest absolute Gasteiger partial charge is 0.253 e. The van der Waals surface area contributed by atoms with E-state index in [9.17, 15) is 19.2 Å². The van der Waals surface area contributed by atoms with Crippen LogP contribution < -0.4 is 40.2 Å². The van der Waals surface area contributed by atoms with Crippen molar-refractivity contribution < 1.29 is 57.1 Å². The average molecular weight is 1190 g/mol. The van der Waals surface area contributed by atoms with Gasteiger partial charge in [-0.25, -0.2) is 9.97 Å². The number of hydrogen-bond acceptors (Lipinski definition) is 14. The molecule has 88 heavy (non-hydrogen) atoms. The Bertz CT molecular complexity index is 3740. The van der Waals surface area contributed by atoms with E-state index in [2.05, 4.69) is 31.2 Å². The fraction of sp³-hybridized carbons (Fsp3) is 0.294. The summed E-state index contributed by atoms with van der Waals surface area (Å²) in [5, 5.41) is 12.9. The summed E-state index contributed by atoms with van der Waals surface area (Å²) in [4.78, 5) is 76.1. The van der Waals surface area contributed by atoms with Crippen LogP contribution in [0.5, 0.6) is 23.0 Å². The van der Waals surface area contributed by atoms with Crippen LogP contribution in [0.15, 0.2) is 97.1 Å². The van der Waals surface area contributed by atoms with Crippen LogP contribution in [-0.2, 0) is 38.1 Å².